The third-order valence-electron chi connectivity index (χ3n) is 4.94. The Morgan fingerprint density at radius 1 is 1.29 bits per heavy atom. The molecule has 3 rings (SSSR count). The van der Waals surface area contributed by atoms with Crippen molar-refractivity contribution in [1.82, 2.24) is 15.3 Å². The minimum atomic E-state index is -0.168. The van der Waals surface area contributed by atoms with Crippen LogP contribution in [-0.4, -0.2) is 55.3 Å². The second kappa shape index (κ2) is 9.50. The van der Waals surface area contributed by atoms with Gasteiger partial charge >= 0.3 is 0 Å². The van der Waals surface area contributed by atoms with Gasteiger partial charge in [-0.1, -0.05) is 0 Å². The van der Waals surface area contributed by atoms with Gasteiger partial charge in [0.2, 0.25) is 0 Å². The van der Waals surface area contributed by atoms with Crippen LogP contribution in [-0.2, 0) is 4.74 Å². The molecule has 1 fully saturated rings. The Kier molecular flexibility index (Phi) is 6.81. The summed E-state index contributed by atoms with van der Waals surface area (Å²) in [4.78, 5) is 24.0. The Hall–Kier alpha value is -2.67. The quantitative estimate of drug-likeness (QED) is 0.754. The predicted octanol–water partition coefficient (Wildman–Crippen LogP) is 2.91. The Morgan fingerprint density at radius 3 is 2.64 bits per heavy atom. The number of hydrogen-bond acceptors (Lipinski definition) is 6. The predicted molar refractivity (Wildman–Crippen MR) is 109 cm³/mol. The van der Waals surface area contributed by atoms with E-state index in [0.29, 0.717) is 23.8 Å². The largest absolute Gasteiger partial charge is 0.497 e. The highest BCUT2D eigenvalue weighted by molar-refractivity contribution is 5.99. The number of methoxy groups -OCH3 is 1. The third-order valence-corrected chi connectivity index (χ3v) is 4.94. The van der Waals surface area contributed by atoms with Crippen molar-refractivity contribution in [2.45, 2.75) is 32.8 Å². The molecule has 1 aromatic heterocycles. The van der Waals surface area contributed by atoms with Crippen molar-refractivity contribution in [1.29, 1.82) is 0 Å². The second-order valence-electron chi connectivity index (χ2n) is 6.68. The fourth-order valence-electron chi connectivity index (χ4n) is 3.28. The SMILES string of the molecule is CCN(CC)c1nc(-c2ccc(OC)cc2)ncc1C(=O)NCC1CCCO1. The molecule has 1 aliphatic rings. The highest BCUT2D eigenvalue weighted by Gasteiger charge is 2.21. The summed E-state index contributed by atoms with van der Waals surface area (Å²) in [5.41, 5.74) is 1.36. The van der Waals surface area contributed by atoms with Crippen LogP contribution in [0.4, 0.5) is 5.82 Å². The first-order chi connectivity index (χ1) is 13.7. The summed E-state index contributed by atoms with van der Waals surface area (Å²) in [5.74, 6) is 1.84. The van der Waals surface area contributed by atoms with Gasteiger partial charge in [0, 0.05) is 38.0 Å². The van der Waals surface area contributed by atoms with Gasteiger partial charge in [-0.2, -0.15) is 0 Å². The molecule has 0 aliphatic carbocycles. The van der Waals surface area contributed by atoms with E-state index in [1.54, 1.807) is 13.3 Å². The van der Waals surface area contributed by atoms with Gasteiger partial charge in [0.15, 0.2) is 5.82 Å². The first-order valence-electron chi connectivity index (χ1n) is 9.82. The lowest BCUT2D eigenvalue weighted by Gasteiger charge is -2.23. The molecular weight excluding hydrogens is 356 g/mol. The molecule has 2 heterocycles. The summed E-state index contributed by atoms with van der Waals surface area (Å²) >= 11 is 0. The van der Waals surface area contributed by atoms with Crippen molar-refractivity contribution >= 4 is 11.7 Å². The van der Waals surface area contributed by atoms with E-state index in [9.17, 15) is 4.79 Å². The first kappa shape index (κ1) is 20.1. The van der Waals surface area contributed by atoms with Crippen LogP contribution in [0.2, 0.25) is 0 Å². The summed E-state index contributed by atoms with van der Waals surface area (Å²) in [5, 5.41) is 2.97. The van der Waals surface area contributed by atoms with E-state index in [-0.39, 0.29) is 12.0 Å². The molecule has 2 aromatic rings. The molecule has 1 unspecified atom stereocenters. The normalized spacial score (nSPS) is 16.0. The molecule has 7 heteroatoms. The first-order valence-corrected chi connectivity index (χ1v) is 9.82. The fraction of sp³-hybridized carbons (Fsp3) is 0.476. The summed E-state index contributed by atoms with van der Waals surface area (Å²) < 4.78 is 10.8. The molecule has 1 aliphatic heterocycles. The van der Waals surface area contributed by atoms with Crippen molar-refractivity contribution in [3.63, 3.8) is 0 Å². The van der Waals surface area contributed by atoms with Gasteiger partial charge in [-0.05, 0) is 51.0 Å². The third kappa shape index (κ3) is 4.59. The van der Waals surface area contributed by atoms with Crippen LogP contribution in [0.25, 0.3) is 11.4 Å². The van der Waals surface area contributed by atoms with Crippen molar-refractivity contribution in [2.75, 3.05) is 38.3 Å². The zero-order chi connectivity index (χ0) is 19.9. The van der Waals surface area contributed by atoms with Crippen LogP contribution in [0.3, 0.4) is 0 Å². The molecule has 1 saturated heterocycles. The lowest BCUT2D eigenvalue weighted by atomic mass is 10.2. The number of benzene rings is 1. The van der Waals surface area contributed by atoms with Crippen LogP contribution in [0.1, 0.15) is 37.0 Å². The maximum atomic E-state index is 12.8. The summed E-state index contributed by atoms with van der Waals surface area (Å²) in [7, 11) is 1.63. The lowest BCUT2D eigenvalue weighted by molar-refractivity contribution is 0.0857. The highest BCUT2D eigenvalue weighted by atomic mass is 16.5. The van der Waals surface area contributed by atoms with Crippen LogP contribution in [0, 0.1) is 0 Å². The average Bonchev–Trinajstić information content (AvgIpc) is 3.26. The summed E-state index contributed by atoms with van der Waals surface area (Å²) in [6.45, 7) is 6.88. The maximum absolute atomic E-state index is 12.8. The Morgan fingerprint density at radius 2 is 2.04 bits per heavy atom. The molecule has 1 atom stereocenters. The molecule has 0 bridgehead atoms. The zero-order valence-electron chi connectivity index (χ0n) is 16.8. The summed E-state index contributed by atoms with van der Waals surface area (Å²) in [6, 6.07) is 7.57. The summed E-state index contributed by atoms with van der Waals surface area (Å²) in [6.07, 6.45) is 3.74. The van der Waals surface area contributed by atoms with E-state index in [2.05, 4.69) is 15.2 Å². The Labute approximate surface area is 166 Å². The molecule has 1 aromatic carbocycles. The number of rotatable bonds is 8. The number of hydrogen-bond donors (Lipinski definition) is 1. The van der Waals surface area contributed by atoms with Gasteiger partial charge in [0.1, 0.15) is 17.1 Å². The van der Waals surface area contributed by atoms with Crippen molar-refractivity contribution in [3.05, 3.63) is 36.0 Å². The van der Waals surface area contributed by atoms with Gasteiger partial charge in [-0.15, -0.1) is 0 Å². The van der Waals surface area contributed by atoms with Gasteiger partial charge in [0.25, 0.3) is 5.91 Å². The van der Waals surface area contributed by atoms with Gasteiger partial charge in [-0.25, -0.2) is 9.97 Å². The average molecular weight is 384 g/mol. The van der Waals surface area contributed by atoms with Gasteiger partial charge in [0.05, 0.1) is 13.2 Å². The Bertz CT molecular complexity index is 785. The van der Waals surface area contributed by atoms with Crippen LogP contribution in [0.15, 0.2) is 30.5 Å². The number of carbonyl (C=O) groups is 1. The number of nitrogens with one attached hydrogen (secondary N) is 1. The smallest absolute Gasteiger partial charge is 0.256 e. The fourth-order valence-corrected chi connectivity index (χ4v) is 3.28. The van der Waals surface area contributed by atoms with Gasteiger partial charge in [-0.3, -0.25) is 4.79 Å². The van der Waals surface area contributed by atoms with Crippen LogP contribution < -0.4 is 15.0 Å². The maximum Gasteiger partial charge on any atom is 0.256 e. The minimum absolute atomic E-state index is 0.0975. The van der Waals surface area contributed by atoms with E-state index in [0.717, 1.165) is 43.9 Å². The number of aromatic nitrogens is 2. The van der Waals surface area contributed by atoms with Crippen LogP contribution >= 0.6 is 0 Å². The molecule has 1 N–H and O–H groups in total. The van der Waals surface area contributed by atoms with Crippen LogP contribution in [0.5, 0.6) is 5.75 Å². The van der Waals surface area contributed by atoms with Crippen molar-refractivity contribution in [3.8, 4) is 17.1 Å². The number of amides is 1. The van der Waals surface area contributed by atoms with E-state index in [4.69, 9.17) is 14.5 Å². The molecule has 0 radical (unpaired) electrons. The monoisotopic (exact) mass is 384 g/mol. The molecule has 150 valence electrons. The van der Waals surface area contributed by atoms with Gasteiger partial charge < -0.3 is 19.7 Å². The second-order valence-corrected chi connectivity index (χ2v) is 6.68. The van der Waals surface area contributed by atoms with E-state index < -0.39 is 0 Å². The molecule has 0 saturated carbocycles. The van der Waals surface area contributed by atoms with Crippen molar-refractivity contribution in [2.24, 2.45) is 0 Å². The van der Waals surface area contributed by atoms with E-state index >= 15 is 0 Å². The molecule has 0 spiro atoms. The molecule has 1 amide bonds. The van der Waals surface area contributed by atoms with E-state index in [1.165, 1.54) is 0 Å². The standard InChI is InChI=1S/C21H28N4O3/c1-4-25(5-2)20-18(21(26)23-13-17-7-6-12-28-17)14-22-19(24-20)15-8-10-16(27-3)11-9-15/h8-11,14,17H,4-7,12-13H2,1-3H3,(H,23,26). The Balaban J connectivity index is 1.86. The number of nitrogens with zero attached hydrogens (tertiary/aromatic N) is 3. The molecule has 28 heavy (non-hydrogen) atoms. The zero-order valence-corrected chi connectivity index (χ0v) is 16.8. The number of carbonyl (C=O) groups excluding carboxylic acids is 1. The van der Waals surface area contributed by atoms with Crippen molar-refractivity contribution < 1.29 is 14.3 Å². The molecule has 7 nitrogen and oxygen atoms in total. The number of anilines is 1. The number of ether oxygens (including phenoxy) is 2. The lowest BCUT2D eigenvalue weighted by Crippen LogP contribution is -2.34. The molecular formula is C21H28N4O3. The minimum Gasteiger partial charge on any atom is -0.497 e. The van der Waals surface area contributed by atoms with E-state index in [1.807, 2.05) is 38.1 Å². The topological polar surface area (TPSA) is 76.6 Å². The highest BCUT2D eigenvalue weighted by Crippen LogP contribution is 2.24.